The number of likely N-dealkylation sites (tertiary alicyclic amines) is 1. The maximum absolute atomic E-state index is 13.6. The molecule has 6 heterocycles. The third-order valence-electron chi connectivity index (χ3n) is 11.9. The number of hydrogen-bond acceptors (Lipinski definition) is 14. The van der Waals surface area contributed by atoms with Crippen molar-refractivity contribution in [2.45, 2.75) is 58.8 Å². The van der Waals surface area contributed by atoms with Crippen molar-refractivity contribution >= 4 is 45.1 Å². The van der Waals surface area contributed by atoms with Crippen molar-refractivity contribution in [2.24, 2.45) is 5.92 Å². The van der Waals surface area contributed by atoms with Crippen LogP contribution in [0, 0.1) is 5.92 Å². The Morgan fingerprint density at radius 1 is 0.933 bits per heavy atom. The number of phenols is 2. The van der Waals surface area contributed by atoms with Gasteiger partial charge in [0.25, 0.3) is 5.91 Å². The summed E-state index contributed by atoms with van der Waals surface area (Å²) in [5, 5.41) is 20.7. The van der Waals surface area contributed by atoms with Crippen molar-refractivity contribution in [2.75, 3.05) is 77.2 Å². The molecule has 16 heteroatoms. The third kappa shape index (κ3) is 9.01. The first-order chi connectivity index (χ1) is 28.9. The summed E-state index contributed by atoms with van der Waals surface area (Å²) >= 11 is 1.74. The Bertz CT molecular complexity index is 2360. The fourth-order valence-electron chi connectivity index (χ4n) is 8.39. The van der Waals surface area contributed by atoms with Gasteiger partial charge in [0, 0.05) is 88.7 Å². The molecule has 0 unspecified atom stereocenters. The summed E-state index contributed by atoms with van der Waals surface area (Å²) in [7, 11) is 3.98. The number of likely N-dealkylation sites (N-methyl/N-ethyl adjacent to an activating group) is 2. The van der Waals surface area contributed by atoms with E-state index in [1.165, 1.54) is 10.9 Å². The summed E-state index contributed by atoms with van der Waals surface area (Å²) in [4.78, 5) is 57.0. The minimum absolute atomic E-state index is 0.00487. The number of nitrogens with two attached hydrogens (primary N) is 1. The second-order valence-electron chi connectivity index (χ2n) is 16.6. The van der Waals surface area contributed by atoms with E-state index in [4.69, 9.17) is 20.4 Å². The molecule has 0 spiro atoms. The van der Waals surface area contributed by atoms with Crippen LogP contribution in [0.15, 0.2) is 48.8 Å². The normalized spacial score (nSPS) is 16.3. The SMILES string of the molecule is CC(C)c1cc(C(=O)N2Cc3ccc(CN(C)CCN(C)C(=O)C4CCN(Cc5cc6nc(-c7cnc(N)nc7)nc(N7CCOCC7)c6s5)CC4)cc3C2)c(O)cc1O. The zero-order valence-electron chi connectivity index (χ0n) is 34.8. The van der Waals surface area contributed by atoms with Crippen molar-refractivity contribution in [3.8, 4) is 22.9 Å². The van der Waals surface area contributed by atoms with Crippen LogP contribution in [0.25, 0.3) is 21.6 Å². The lowest BCUT2D eigenvalue weighted by Gasteiger charge is -2.33. The lowest BCUT2D eigenvalue weighted by atomic mass is 9.95. The standard InChI is InChI=1S/C44H54N10O5S/c1-27(2)34-19-35(38(56)20-37(34)55)43(58)54-24-30-6-5-28(17-31(30)25-54)23-50(3)11-12-51(4)42(57)29-7-9-52(10-8-29)26-33-18-36-39(60-33)41(53-13-15-59-16-14-53)49-40(48-36)32-21-46-44(45)47-22-32/h5-6,17-22,27,29,55-56H,7-16,23-26H2,1-4H3,(H2,45,46,47). The number of fused-ring (bicyclic) bond motifs is 2. The second kappa shape index (κ2) is 17.7. The molecule has 3 aromatic heterocycles. The largest absolute Gasteiger partial charge is 0.508 e. The summed E-state index contributed by atoms with van der Waals surface area (Å²) < 4.78 is 6.69. The minimum Gasteiger partial charge on any atom is -0.508 e. The van der Waals surface area contributed by atoms with Gasteiger partial charge in [0.15, 0.2) is 11.6 Å². The number of amides is 2. The molecule has 15 nitrogen and oxygen atoms in total. The van der Waals surface area contributed by atoms with Gasteiger partial charge in [0.05, 0.1) is 34.6 Å². The minimum atomic E-state index is -0.256. The Balaban J connectivity index is 0.819. The molecule has 0 atom stereocenters. The van der Waals surface area contributed by atoms with Crippen LogP contribution >= 0.6 is 11.3 Å². The van der Waals surface area contributed by atoms with Crippen LogP contribution in [0.5, 0.6) is 11.5 Å². The first-order valence-corrected chi connectivity index (χ1v) is 21.5. The van der Waals surface area contributed by atoms with Gasteiger partial charge < -0.3 is 40.3 Å². The van der Waals surface area contributed by atoms with Crippen molar-refractivity contribution in [3.05, 3.63) is 81.5 Å². The van der Waals surface area contributed by atoms with Crippen LogP contribution < -0.4 is 10.6 Å². The Morgan fingerprint density at radius 3 is 2.40 bits per heavy atom. The molecule has 2 aromatic carbocycles. The molecule has 5 aromatic rings. The van der Waals surface area contributed by atoms with Crippen LogP contribution in [-0.4, -0.2) is 128 Å². The number of morpholine rings is 1. The second-order valence-corrected chi connectivity index (χ2v) is 17.8. The van der Waals surface area contributed by atoms with Gasteiger partial charge in [0.1, 0.15) is 11.5 Å². The van der Waals surface area contributed by atoms with Crippen LogP contribution in [0.4, 0.5) is 11.8 Å². The molecule has 2 saturated heterocycles. The molecule has 4 N–H and O–H groups in total. The van der Waals surface area contributed by atoms with Crippen LogP contribution in [0.2, 0.25) is 0 Å². The molecular weight excluding hydrogens is 781 g/mol. The lowest BCUT2D eigenvalue weighted by molar-refractivity contribution is -0.135. The van der Waals surface area contributed by atoms with Gasteiger partial charge in [-0.1, -0.05) is 32.0 Å². The predicted molar refractivity (Wildman–Crippen MR) is 232 cm³/mol. The number of carbonyl (C=O) groups is 2. The van der Waals surface area contributed by atoms with E-state index in [1.54, 1.807) is 34.7 Å². The fraction of sp³-hybridized carbons (Fsp3) is 0.455. The average Bonchev–Trinajstić information content (AvgIpc) is 3.86. The highest BCUT2D eigenvalue weighted by Gasteiger charge is 2.30. The van der Waals surface area contributed by atoms with E-state index in [0.717, 1.165) is 90.4 Å². The molecule has 8 rings (SSSR count). The zero-order chi connectivity index (χ0) is 42.1. The van der Waals surface area contributed by atoms with E-state index in [9.17, 15) is 19.8 Å². The number of carbonyl (C=O) groups excluding carboxylic acids is 2. The maximum Gasteiger partial charge on any atom is 0.258 e. The highest BCUT2D eigenvalue weighted by Crippen LogP contribution is 2.37. The third-order valence-corrected chi connectivity index (χ3v) is 13.0. The smallest absolute Gasteiger partial charge is 0.258 e. The van der Waals surface area contributed by atoms with Crippen LogP contribution in [0.3, 0.4) is 0 Å². The number of nitrogen functional groups attached to an aromatic ring is 1. The number of ether oxygens (including phenoxy) is 1. The molecular formula is C44H54N10O5S. The fourth-order valence-corrected chi connectivity index (χ4v) is 9.55. The predicted octanol–water partition coefficient (Wildman–Crippen LogP) is 5.06. The summed E-state index contributed by atoms with van der Waals surface area (Å²) in [5.74, 6) is 1.43. The Kier molecular flexibility index (Phi) is 12.2. The highest BCUT2D eigenvalue weighted by atomic mass is 32.1. The van der Waals surface area contributed by atoms with Crippen LogP contribution in [0.1, 0.15) is 70.1 Å². The number of hydrogen-bond donors (Lipinski definition) is 3. The summed E-state index contributed by atoms with van der Waals surface area (Å²) in [5.41, 5.74) is 11.5. The van der Waals surface area contributed by atoms with Gasteiger partial charge in [-0.05, 0) is 73.3 Å². The van der Waals surface area contributed by atoms with Crippen molar-refractivity contribution < 1.29 is 24.5 Å². The Labute approximate surface area is 354 Å². The van der Waals surface area contributed by atoms with Crippen molar-refractivity contribution in [3.63, 3.8) is 0 Å². The molecule has 3 aliphatic heterocycles. The number of benzene rings is 2. The molecule has 0 saturated carbocycles. The maximum atomic E-state index is 13.6. The van der Waals surface area contributed by atoms with Gasteiger partial charge >= 0.3 is 0 Å². The number of nitrogens with zero attached hydrogens (tertiary/aromatic N) is 9. The Hall–Kier alpha value is -5.42. The number of aromatic hydroxyl groups is 2. The van der Waals surface area contributed by atoms with Gasteiger partial charge in [0.2, 0.25) is 11.9 Å². The number of thiophene rings is 1. The summed E-state index contributed by atoms with van der Waals surface area (Å²) in [6.45, 7) is 12.2. The number of phenolic OH excluding ortho intramolecular Hbond substituents is 2. The Morgan fingerprint density at radius 2 is 1.67 bits per heavy atom. The van der Waals surface area contributed by atoms with Gasteiger partial charge in [-0.15, -0.1) is 11.3 Å². The molecule has 0 radical (unpaired) electrons. The first kappa shape index (κ1) is 41.3. The summed E-state index contributed by atoms with van der Waals surface area (Å²) in [6, 6.07) is 11.4. The van der Waals surface area contributed by atoms with Gasteiger partial charge in [-0.25, -0.2) is 19.9 Å². The van der Waals surface area contributed by atoms with Crippen molar-refractivity contribution in [1.82, 2.24) is 39.5 Å². The number of anilines is 2. The first-order valence-electron chi connectivity index (χ1n) is 20.7. The molecule has 0 aliphatic carbocycles. The van der Waals surface area contributed by atoms with E-state index in [2.05, 4.69) is 56.0 Å². The van der Waals surface area contributed by atoms with Gasteiger partial charge in [-0.2, -0.15) is 0 Å². The molecule has 0 bridgehead atoms. The van der Waals surface area contributed by atoms with E-state index in [0.29, 0.717) is 50.8 Å². The lowest BCUT2D eigenvalue weighted by Crippen LogP contribution is -2.42. The average molecular weight is 835 g/mol. The monoisotopic (exact) mass is 834 g/mol. The highest BCUT2D eigenvalue weighted by molar-refractivity contribution is 7.19. The number of piperidine rings is 1. The van der Waals surface area contributed by atoms with Crippen LogP contribution in [-0.2, 0) is 35.7 Å². The van der Waals surface area contributed by atoms with E-state index >= 15 is 0 Å². The number of rotatable bonds is 12. The molecule has 2 fully saturated rings. The molecule has 2 amide bonds. The quantitative estimate of drug-likeness (QED) is 0.152. The summed E-state index contributed by atoms with van der Waals surface area (Å²) in [6.07, 6.45) is 4.97. The van der Waals surface area contributed by atoms with E-state index < -0.39 is 0 Å². The zero-order valence-corrected chi connectivity index (χ0v) is 35.6. The topological polar surface area (TPSA) is 178 Å². The van der Waals surface area contributed by atoms with Gasteiger partial charge in [-0.3, -0.25) is 14.5 Å². The molecule has 3 aliphatic rings. The molecule has 60 heavy (non-hydrogen) atoms. The molecule has 316 valence electrons. The number of aromatic nitrogens is 4. The van der Waals surface area contributed by atoms with Crippen molar-refractivity contribution in [1.29, 1.82) is 0 Å². The van der Waals surface area contributed by atoms with E-state index in [1.807, 2.05) is 25.8 Å². The van der Waals surface area contributed by atoms with E-state index in [-0.39, 0.29) is 46.7 Å².